The molecule has 1 aliphatic rings. The molecule has 1 rings (SSSR count). The normalized spacial score (nSPS) is 32.1. The molecule has 120 valence electrons. The van der Waals surface area contributed by atoms with Crippen molar-refractivity contribution in [3.63, 3.8) is 0 Å². The van der Waals surface area contributed by atoms with Gasteiger partial charge in [-0.25, -0.2) is 0 Å². The minimum atomic E-state index is -1.98. The molecule has 1 heterocycles. The van der Waals surface area contributed by atoms with Crippen molar-refractivity contribution in [3.8, 4) is 0 Å². The third kappa shape index (κ3) is 1.70. The van der Waals surface area contributed by atoms with Gasteiger partial charge in [-0.3, -0.25) is 0 Å². The smallest absolute Gasteiger partial charge is 0.130 e. The molecule has 2 N–H and O–H groups in total. The Labute approximate surface area is 130 Å². The average Bonchev–Trinajstić information content (AvgIpc) is 2.24. The Morgan fingerprint density at radius 3 is 0.850 bits per heavy atom. The summed E-state index contributed by atoms with van der Waals surface area (Å²) in [6, 6.07) is 0. The minimum Gasteiger partial charge on any atom is -0.372 e. The maximum absolute atomic E-state index is 10.5. The molecule has 1 saturated heterocycles. The van der Waals surface area contributed by atoms with E-state index in [0.29, 0.717) is 0 Å². The molecule has 0 spiro atoms. The van der Waals surface area contributed by atoms with Gasteiger partial charge in [0.15, 0.2) is 0 Å². The van der Waals surface area contributed by atoms with Gasteiger partial charge >= 0.3 is 0 Å². The fraction of sp³-hybridized carbons (Fsp3) is 1.00. The number of rotatable bonds is 1. The Hall–Kier alpha value is 1.22. The average molecular weight is 381 g/mol. The summed E-state index contributed by atoms with van der Waals surface area (Å²) in [5, 5.41) is 21.0. The molecule has 0 aliphatic carbocycles. The van der Waals surface area contributed by atoms with Gasteiger partial charge < -0.3 is 10.2 Å². The van der Waals surface area contributed by atoms with Crippen LogP contribution in [-0.4, -0.2) is 58.8 Å². The lowest BCUT2D eigenvalue weighted by Crippen LogP contribution is -3.03. The van der Waals surface area contributed by atoms with E-state index in [1.807, 2.05) is 0 Å². The van der Waals surface area contributed by atoms with Gasteiger partial charge in [-0.1, -0.05) is 72.0 Å². The lowest BCUT2D eigenvalue weighted by molar-refractivity contribution is 0.0258. The van der Waals surface area contributed by atoms with Crippen LogP contribution in [0.1, 0.15) is 0 Å². The largest absolute Gasteiger partial charge is 0.372 e. The van der Waals surface area contributed by atoms with Gasteiger partial charge in [-0.05, 0) is 0 Å². The molecule has 8 heteroatoms. The molecule has 1 aliphatic heterocycles. The van der Waals surface area contributed by atoms with E-state index < -0.39 is 48.6 Å². The van der Waals surface area contributed by atoms with E-state index in [-0.39, 0.29) is 0 Å². The minimum absolute atomic E-state index is 0.977. The highest BCUT2D eigenvalue weighted by molar-refractivity contribution is 8.13. The first kappa shape index (κ1) is 19.3. The van der Waals surface area contributed by atoms with Gasteiger partial charge in [0, 0.05) is 35.5 Å². The molecule has 0 aromatic carbocycles. The third-order valence-electron chi connectivity index (χ3n) is 9.36. The van der Waals surface area contributed by atoms with Crippen molar-refractivity contribution in [2.24, 2.45) is 0 Å². The summed E-state index contributed by atoms with van der Waals surface area (Å²) in [5.74, 6) is -0.977. The summed E-state index contributed by atoms with van der Waals surface area (Å²) in [4.78, 5) is 0. The van der Waals surface area contributed by atoms with Gasteiger partial charge in [0.05, 0.1) is 7.11 Å². The van der Waals surface area contributed by atoms with E-state index in [1.165, 1.54) is 0 Å². The second-order valence-corrected chi connectivity index (χ2v) is 81.6. The molecule has 0 bridgehead atoms. The molecule has 20 heavy (non-hydrogen) atoms. The number of hydrogen-bond donors (Lipinski definition) is 2. The highest BCUT2D eigenvalue weighted by Gasteiger charge is 2.79. The van der Waals surface area contributed by atoms with Gasteiger partial charge in [-0.2, -0.15) is 0 Å². The summed E-state index contributed by atoms with van der Waals surface area (Å²) < 4.78 is 0. The second-order valence-electron chi connectivity index (χ2n) is 9.70. The Kier molecular flexibility index (Phi) is 4.45. The fourth-order valence-corrected chi connectivity index (χ4v) is 246. The number of aliphatic hydroxyl groups excluding tert-OH is 1. The van der Waals surface area contributed by atoms with E-state index in [4.69, 9.17) is 0 Å². The zero-order chi connectivity index (χ0) is 16.6. The van der Waals surface area contributed by atoms with Crippen LogP contribution in [0.5, 0.6) is 0 Å². The van der Waals surface area contributed by atoms with E-state index in [9.17, 15) is 10.2 Å². The van der Waals surface area contributed by atoms with Crippen LogP contribution >= 0.6 is 0 Å². The van der Waals surface area contributed by atoms with Crippen molar-refractivity contribution in [1.29, 1.82) is 0 Å². The Bertz CT molecular complexity index is 384. The van der Waals surface area contributed by atoms with Crippen LogP contribution < -0.4 is 0 Å². The molecule has 0 atom stereocenters. The molecule has 0 unspecified atom stereocenters. The highest BCUT2D eigenvalue weighted by atomic mass is 30.2. The summed E-state index contributed by atoms with van der Waals surface area (Å²) >= 11 is 0. The molecular formula is C12H36O2Si6. The van der Waals surface area contributed by atoms with Crippen molar-refractivity contribution in [2.45, 2.75) is 77.9 Å². The SMILES string of the molecule is C[Si]1(C)[Si](C)(C)[Si](C)(C)[Si](C)(C(O)O)[Si](C)(C)[Si]1(C)C. The maximum Gasteiger partial charge on any atom is 0.130 e. The first-order chi connectivity index (χ1) is 8.44. The molecule has 0 radical (unpaired) electrons. The van der Waals surface area contributed by atoms with Gasteiger partial charge in [-0.15, -0.1) is 0 Å². The van der Waals surface area contributed by atoms with Crippen LogP contribution in [0.4, 0.5) is 0 Å². The highest BCUT2D eigenvalue weighted by Crippen LogP contribution is 2.52. The van der Waals surface area contributed by atoms with Crippen LogP contribution in [-0.2, 0) is 0 Å². The molecule has 0 saturated carbocycles. The van der Waals surface area contributed by atoms with E-state index in [1.54, 1.807) is 0 Å². The molecule has 1 fully saturated rings. The van der Waals surface area contributed by atoms with Gasteiger partial charge in [0.25, 0.3) is 0 Å². The summed E-state index contributed by atoms with van der Waals surface area (Å²) in [5.41, 5.74) is 0. The lowest BCUT2D eigenvalue weighted by Gasteiger charge is -2.73. The fourth-order valence-electron chi connectivity index (χ4n) is 5.07. The summed E-state index contributed by atoms with van der Waals surface area (Å²) in [6.07, 6.45) is 0. The van der Waals surface area contributed by atoms with Crippen LogP contribution in [0.15, 0.2) is 0 Å². The van der Waals surface area contributed by atoms with E-state index in [2.05, 4.69) is 72.0 Å². The van der Waals surface area contributed by atoms with Crippen molar-refractivity contribution >= 4 is 42.7 Å². The lowest BCUT2D eigenvalue weighted by atomic mass is 11.5. The summed E-state index contributed by atoms with van der Waals surface area (Å²) in [7, 11) is -9.04. The maximum atomic E-state index is 10.5. The Morgan fingerprint density at radius 2 is 0.650 bits per heavy atom. The van der Waals surface area contributed by atoms with Crippen molar-refractivity contribution < 1.29 is 10.2 Å². The first-order valence-corrected chi connectivity index (χ1v) is 31.4. The van der Waals surface area contributed by atoms with Gasteiger partial charge in [0.1, 0.15) is 5.91 Å². The van der Waals surface area contributed by atoms with Crippen LogP contribution in [0, 0.1) is 0 Å². The number of aliphatic hydroxyl groups is 2. The van der Waals surface area contributed by atoms with Crippen molar-refractivity contribution in [3.05, 3.63) is 0 Å². The van der Waals surface area contributed by atoms with Gasteiger partial charge in [0.2, 0.25) is 0 Å². The van der Waals surface area contributed by atoms with Crippen LogP contribution in [0.25, 0.3) is 0 Å². The molecule has 0 aromatic heterocycles. The van der Waals surface area contributed by atoms with E-state index in [0.717, 1.165) is 0 Å². The monoisotopic (exact) mass is 380 g/mol. The van der Waals surface area contributed by atoms with Crippen LogP contribution in [0.2, 0.25) is 72.0 Å². The number of hydrogen-bond acceptors (Lipinski definition) is 2. The zero-order valence-corrected chi connectivity index (χ0v) is 21.5. The second kappa shape index (κ2) is 4.62. The predicted octanol–water partition coefficient (Wildman–Crippen LogP) is 2.94. The zero-order valence-electron chi connectivity index (χ0n) is 15.5. The molecular weight excluding hydrogens is 345 g/mol. The topological polar surface area (TPSA) is 40.5 Å². The molecule has 0 amide bonds. The third-order valence-corrected chi connectivity index (χ3v) is 162. The molecule has 2 nitrogen and oxygen atoms in total. The summed E-state index contributed by atoms with van der Waals surface area (Å²) in [6.45, 7) is 28.5. The predicted molar refractivity (Wildman–Crippen MR) is 107 cm³/mol. The van der Waals surface area contributed by atoms with Crippen molar-refractivity contribution in [2.75, 3.05) is 0 Å². The molecule has 0 aromatic rings. The first-order valence-electron chi connectivity index (χ1n) is 7.81. The Morgan fingerprint density at radius 1 is 0.450 bits per heavy atom. The quantitative estimate of drug-likeness (QED) is 0.542. The van der Waals surface area contributed by atoms with Crippen molar-refractivity contribution in [1.82, 2.24) is 0 Å². The van der Waals surface area contributed by atoms with Crippen LogP contribution in [0.3, 0.4) is 0 Å². The Balaban J connectivity index is 3.83. The standard InChI is InChI=1S/C12H36O2Si6/c1-15(2)16(3,4)18(7,8)20(11,12(13)14)19(9,10)17(15,5)6/h12-14H,1-11H3. The van der Waals surface area contributed by atoms with E-state index >= 15 is 0 Å².